The molecule has 0 saturated carbocycles. The molecule has 1 aromatic carbocycles. The Morgan fingerprint density at radius 2 is 2.06 bits per heavy atom. The van der Waals surface area contributed by atoms with Gasteiger partial charge in [0.05, 0.1) is 18.2 Å². The zero-order chi connectivity index (χ0) is 23.7. The van der Waals surface area contributed by atoms with Crippen LogP contribution in [0.15, 0.2) is 29.5 Å². The van der Waals surface area contributed by atoms with Crippen LogP contribution in [-0.2, 0) is 0 Å². The third-order valence-electron chi connectivity index (χ3n) is 5.51. The van der Waals surface area contributed by atoms with Gasteiger partial charge in [0.2, 0.25) is 5.13 Å². The maximum absolute atomic E-state index is 11.5. The minimum absolute atomic E-state index is 0.0197. The molecule has 0 fully saturated rings. The summed E-state index contributed by atoms with van der Waals surface area (Å²) in [4.78, 5) is 12.9. The summed E-state index contributed by atoms with van der Waals surface area (Å²) in [5.41, 5.74) is 3.59. The molecule has 1 amide bonds. The predicted molar refractivity (Wildman–Crippen MR) is 126 cm³/mol. The standard InChI is InChI=1S/C23H28N6O3S/c1-14(2)11-28-19-7-8-27(23(30)31)12-18(19)13-29(28)22-26-25-21(33-22)16-5-6-20(32-15(3)4)17(9-16)10-24/h5-6,9,14-15H,7-8,11-13H2,1-4H3,(H,30,31). The maximum Gasteiger partial charge on any atom is 0.407 e. The second-order valence-electron chi connectivity index (χ2n) is 8.92. The Morgan fingerprint density at radius 3 is 2.73 bits per heavy atom. The van der Waals surface area contributed by atoms with Gasteiger partial charge in [0, 0.05) is 37.3 Å². The highest BCUT2D eigenvalue weighted by Crippen LogP contribution is 2.38. The number of nitriles is 1. The first-order chi connectivity index (χ1) is 15.8. The van der Waals surface area contributed by atoms with Gasteiger partial charge < -0.3 is 14.7 Å². The van der Waals surface area contributed by atoms with E-state index in [2.05, 4.69) is 40.1 Å². The molecule has 1 N–H and O–H groups in total. The zero-order valence-corrected chi connectivity index (χ0v) is 20.1. The maximum atomic E-state index is 11.5. The van der Waals surface area contributed by atoms with Crippen LogP contribution in [-0.4, -0.2) is 63.6 Å². The van der Waals surface area contributed by atoms with Gasteiger partial charge in [0.1, 0.15) is 16.8 Å². The lowest BCUT2D eigenvalue weighted by atomic mass is 10.1. The zero-order valence-electron chi connectivity index (χ0n) is 19.3. The number of rotatable bonds is 6. The van der Waals surface area contributed by atoms with Crippen molar-refractivity contribution in [2.75, 3.05) is 31.2 Å². The van der Waals surface area contributed by atoms with Gasteiger partial charge in [0.15, 0.2) is 0 Å². The summed E-state index contributed by atoms with van der Waals surface area (Å²) in [6.07, 6.45) is -0.208. The summed E-state index contributed by atoms with van der Waals surface area (Å²) >= 11 is 1.46. The highest BCUT2D eigenvalue weighted by atomic mass is 32.1. The number of hydrogen-bond donors (Lipinski definition) is 1. The smallest absolute Gasteiger partial charge is 0.407 e. The molecule has 3 heterocycles. The molecule has 4 rings (SSSR count). The van der Waals surface area contributed by atoms with E-state index in [0.29, 0.717) is 43.3 Å². The normalized spacial score (nSPS) is 16.0. The molecule has 0 unspecified atom stereocenters. The van der Waals surface area contributed by atoms with Crippen LogP contribution >= 0.6 is 11.3 Å². The average Bonchev–Trinajstić information content (AvgIpc) is 3.38. The van der Waals surface area contributed by atoms with Crippen molar-refractivity contribution >= 4 is 22.6 Å². The molecular formula is C23H28N6O3S. The number of nitrogens with zero attached hydrogens (tertiary/aromatic N) is 6. The van der Waals surface area contributed by atoms with E-state index in [1.807, 2.05) is 19.9 Å². The number of anilines is 1. The van der Waals surface area contributed by atoms with E-state index in [-0.39, 0.29) is 6.10 Å². The van der Waals surface area contributed by atoms with Crippen LogP contribution in [0.25, 0.3) is 10.6 Å². The molecule has 33 heavy (non-hydrogen) atoms. The van der Waals surface area contributed by atoms with Crippen LogP contribution in [0.4, 0.5) is 9.93 Å². The molecule has 174 valence electrons. The third-order valence-corrected chi connectivity index (χ3v) is 6.49. The molecule has 0 atom stereocenters. The number of hydrazine groups is 1. The highest BCUT2D eigenvalue weighted by Gasteiger charge is 2.36. The van der Waals surface area contributed by atoms with E-state index in [1.165, 1.54) is 21.9 Å². The second-order valence-corrected chi connectivity index (χ2v) is 9.87. The van der Waals surface area contributed by atoms with E-state index >= 15 is 0 Å². The molecule has 0 radical (unpaired) electrons. The van der Waals surface area contributed by atoms with Crippen LogP contribution in [0.1, 0.15) is 39.7 Å². The summed E-state index contributed by atoms with van der Waals surface area (Å²) in [7, 11) is 0. The first-order valence-electron chi connectivity index (χ1n) is 11.0. The van der Waals surface area contributed by atoms with Crippen molar-refractivity contribution in [2.45, 2.75) is 40.2 Å². The predicted octanol–water partition coefficient (Wildman–Crippen LogP) is 4.19. The van der Waals surface area contributed by atoms with E-state index < -0.39 is 6.09 Å². The number of aromatic nitrogens is 2. The van der Waals surface area contributed by atoms with Crippen molar-refractivity contribution < 1.29 is 14.6 Å². The quantitative estimate of drug-likeness (QED) is 0.673. The van der Waals surface area contributed by atoms with Gasteiger partial charge in [-0.3, -0.25) is 10.0 Å². The van der Waals surface area contributed by atoms with Crippen molar-refractivity contribution in [3.05, 3.63) is 35.0 Å². The van der Waals surface area contributed by atoms with Crippen LogP contribution in [0.2, 0.25) is 0 Å². The molecule has 2 aromatic rings. The fraction of sp³-hybridized carbons (Fsp3) is 0.478. The average molecular weight is 469 g/mol. The van der Waals surface area contributed by atoms with Gasteiger partial charge in [0.25, 0.3) is 0 Å². The van der Waals surface area contributed by atoms with Gasteiger partial charge >= 0.3 is 6.09 Å². The largest absolute Gasteiger partial charge is 0.490 e. The van der Waals surface area contributed by atoms with Crippen LogP contribution < -0.4 is 9.75 Å². The number of carbonyl (C=O) groups is 1. The second kappa shape index (κ2) is 9.27. The fourth-order valence-electron chi connectivity index (χ4n) is 4.12. The minimum atomic E-state index is -0.883. The summed E-state index contributed by atoms with van der Waals surface area (Å²) in [6, 6.07) is 7.68. The number of carboxylic acid groups (broad SMARTS) is 1. The van der Waals surface area contributed by atoms with Crippen molar-refractivity contribution in [2.24, 2.45) is 5.92 Å². The Hall–Kier alpha value is -3.32. The number of amides is 1. The topological polar surface area (TPSA) is 106 Å². The number of ether oxygens (including phenoxy) is 1. The van der Waals surface area contributed by atoms with E-state index in [0.717, 1.165) is 27.8 Å². The van der Waals surface area contributed by atoms with Gasteiger partial charge in [-0.15, -0.1) is 10.2 Å². The monoisotopic (exact) mass is 468 g/mol. The Bertz CT molecular complexity index is 1120. The number of hydrogen-bond acceptors (Lipinski definition) is 8. The van der Waals surface area contributed by atoms with Crippen molar-refractivity contribution in [3.63, 3.8) is 0 Å². The van der Waals surface area contributed by atoms with Crippen LogP contribution in [0.5, 0.6) is 5.75 Å². The molecule has 9 nitrogen and oxygen atoms in total. The molecule has 0 saturated heterocycles. The molecule has 0 aliphatic carbocycles. The molecule has 10 heteroatoms. The molecule has 0 bridgehead atoms. The first kappa shape index (κ1) is 22.9. The van der Waals surface area contributed by atoms with Crippen LogP contribution in [0.3, 0.4) is 0 Å². The lowest BCUT2D eigenvalue weighted by Crippen LogP contribution is -2.40. The van der Waals surface area contributed by atoms with E-state index in [4.69, 9.17) is 4.74 Å². The Kier molecular flexibility index (Phi) is 6.42. The third kappa shape index (κ3) is 4.73. The Labute approximate surface area is 197 Å². The van der Waals surface area contributed by atoms with E-state index in [1.54, 1.807) is 12.1 Å². The highest BCUT2D eigenvalue weighted by molar-refractivity contribution is 7.18. The molecular weight excluding hydrogens is 440 g/mol. The summed E-state index contributed by atoms with van der Waals surface area (Å²) in [5, 5.41) is 33.6. The van der Waals surface area contributed by atoms with Crippen LogP contribution in [0, 0.1) is 17.2 Å². The van der Waals surface area contributed by atoms with Gasteiger partial charge in [-0.1, -0.05) is 25.2 Å². The molecule has 2 aliphatic rings. The first-order valence-corrected chi connectivity index (χ1v) is 11.9. The fourth-order valence-corrected chi connectivity index (χ4v) is 4.96. The SMILES string of the molecule is CC(C)CN1C2=C(CN(C(=O)O)CC2)CN1c1nnc(-c2ccc(OC(C)C)c(C#N)c2)s1. The Morgan fingerprint density at radius 1 is 1.27 bits per heavy atom. The van der Waals surface area contributed by atoms with Crippen molar-refractivity contribution in [1.29, 1.82) is 5.26 Å². The molecule has 1 aromatic heterocycles. The Balaban J connectivity index is 1.60. The van der Waals surface area contributed by atoms with Crippen molar-refractivity contribution in [3.8, 4) is 22.4 Å². The lowest BCUT2D eigenvalue weighted by Gasteiger charge is -2.34. The lowest BCUT2D eigenvalue weighted by molar-refractivity contribution is 0.145. The number of benzene rings is 1. The van der Waals surface area contributed by atoms with E-state index in [9.17, 15) is 15.2 Å². The summed E-state index contributed by atoms with van der Waals surface area (Å²) < 4.78 is 5.72. The molecule has 2 aliphatic heterocycles. The summed E-state index contributed by atoms with van der Waals surface area (Å²) in [5.74, 6) is 0.986. The van der Waals surface area contributed by atoms with Crippen molar-refractivity contribution in [1.82, 2.24) is 20.1 Å². The van der Waals surface area contributed by atoms with Gasteiger partial charge in [-0.25, -0.2) is 4.79 Å². The molecule has 0 spiro atoms. The van der Waals surface area contributed by atoms with Gasteiger partial charge in [-0.05, 0) is 43.5 Å². The van der Waals surface area contributed by atoms with Gasteiger partial charge in [-0.2, -0.15) is 5.26 Å². The summed E-state index contributed by atoms with van der Waals surface area (Å²) in [6.45, 7) is 10.5. The minimum Gasteiger partial charge on any atom is -0.490 e.